The number of carbonyl (C=O) groups excluding carboxylic acids is 1. The van der Waals surface area contributed by atoms with E-state index in [0.717, 1.165) is 29.5 Å². The molecule has 9 heteroatoms. The zero-order chi connectivity index (χ0) is 21.8. The van der Waals surface area contributed by atoms with Gasteiger partial charge in [-0.05, 0) is 36.6 Å². The summed E-state index contributed by atoms with van der Waals surface area (Å²) >= 11 is 1.41. The van der Waals surface area contributed by atoms with E-state index in [9.17, 15) is 14.9 Å². The fraction of sp³-hybridized carbons (Fsp3) is 0.364. The maximum Gasteiger partial charge on any atom is 0.270 e. The van der Waals surface area contributed by atoms with Crippen molar-refractivity contribution in [2.24, 2.45) is 0 Å². The van der Waals surface area contributed by atoms with Gasteiger partial charge >= 0.3 is 0 Å². The molecule has 0 atom stereocenters. The smallest absolute Gasteiger partial charge is 0.270 e. The Bertz CT molecular complexity index is 1110. The third kappa shape index (κ3) is 4.83. The van der Waals surface area contributed by atoms with E-state index in [0.29, 0.717) is 37.1 Å². The largest absolute Gasteiger partial charge is 0.378 e. The van der Waals surface area contributed by atoms with Gasteiger partial charge in [-0.1, -0.05) is 30.7 Å². The summed E-state index contributed by atoms with van der Waals surface area (Å²) in [5, 5.41) is 14.6. The van der Waals surface area contributed by atoms with Crippen LogP contribution < -0.4 is 10.2 Å². The number of nitrogens with one attached hydrogen (secondary N) is 1. The Hall–Kier alpha value is -3.04. The number of nitro benzene ring substituents is 1. The maximum atomic E-state index is 13.1. The molecule has 1 aromatic heterocycles. The molecule has 1 aliphatic heterocycles. The zero-order valence-corrected chi connectivity index (χ0v) is 18.1. The molecule has 1 fully saturated rings. The van der Waals surface area contributed by atoms with Crippen molar-refractivity contribution in [3.63, 3.8) is 0 Å². The Kier molecular flexibility index (Phi) is 6.43. The Morgan fingerprint density at radius 2 is 2.06 bits per heavy atom. The molecule has 0 bridgehead atoms. The average Bonchev–Trinajstić information content (AvgIpc) is 3.19. The highest BCUT2D eigenvalue weighted by Gasteiger charge is 2.23. The molecule has 2 heterocycles. The fourth-order valence-corrected chi connectivity index (χ4v) is 4.55. The van der Waals surface area contributed by atoms with Gasteiger partial charge in [0.25, 0.3) is 11.6 Å². The number of unbranched alkanes of at least 4 members (excludes halogenated alkanes) is 1. The molecule has 3 aromatic rings. The number of thiazole rings is 1. The van der Waals surface area contributed by atoms with Gasteiger partial charge in [0.2, 0.25) is 0 Å². The molecule has 2 aromatic carbocycles. The molecule has 0 radical (unpaired) electrons. The van der Waals surface area contributed by atoms with Crippen molar-refractivity contribution in [1.82, 2.24) is 4.98 Å². The van der Waals surface area contributed by atoms with E-state index in [-0.39, 0.29) is 11.3 Å². The van der Waals surface area contributed by atoms with Crippen LogP contribution in [0.3, 0.4) is 0 Å². The maximum absolute atomic E-state index is 13.1. The third-order valence-corrected chi connectivity index (χ3v) is 6.21. The predicted octanol–water partition coefficient (Wildman–Crippen LogP) is 4.64. The van der Waals surface area contributed by atoms with Crippen LogP contribution in [0.15, 0.2) is 36.4 Å². The number of nitrogens with zero attached hydrogens (tertiary/aromatic N) is 3. The van der Waals surface area contributed by atoms with E-state index in [1.807, 2.05) is 11.0 Å². The molecule has 162 valence electrons. The van der Waals surface area contributed by atoms with Gasteiger partial charge in [-0.25, -0.2) is 4.98 Å². The molecule has 31 heavy (non-hydrogen) atoms. The van der Waals surface area contributed by atoms with Crippen LogP contribution in [0.5, 0.6) is 0 Å². The minimum atomic E-state index is -0.491. The van der Waals surface area contributed by atoms with Crippen LogP contribution in [0.2, 0.25) is 0 Å². The van der Waals surface area contributed by atoms with Crippen LogP contribution in [0.4, 0.5) is 16.5 Å². The third-order valence-electron chi connectivity index (χ3n) is 5.28. The van der Waals surface area contributed by atoms with Gasteiger partial charge in [-0.2, -0.15) is 0 Å². The predicted molar refractivity (Wildman–Crippen MR) is 122 cm³/mol. The first kappa shape index (κ1) is 21.2. The zero-order valence-electron chi connectivity index (χ0n) is 17.3. The van der Waals surface area contributed by atoms with Gasteiger partial charge in [-0.15, -0.1) is 0 Å². The Morgan fingerprint density at radius 3 is 2.81 bits per heavy atom. The van der Waals surface area contributed by atoms with Crippen molar-refractivity contribution in [2.45, 2.75) is 26.2 Å². The second-order valence-corrected chi connectivity index (χ2v) is 8.47. The van der Waals surface area contributed by atoms with Crippen molar-refractivity contribution < 1.29 is 14.5 Å². The molecule has 1 N–H and O–H groups in total. The summed E-state index contributed by atoms with van der Waals surface area (Å²) in [7, 11) is 0. The van der Waals surface area contributed by atoms with E-state index >= 15 is 0 Å². The highest BCUT2D eigenvalue weighted by molar-refractivity contribution is 7.22. The van der Waals surface area contributed by atoms with E-state index in [4.69, 9.17) is 4.74 Å². The minimum absolute atomic E-state index is 0.118. The summed E-state index contributed by atoms with van der Waals surface area (Å²) in [6.07, 6.45) is 3.28. The summed E-state index contributed by atoms with van der Waals surface area (Å²) in [5.41, 5.74) is 2.89. The van der Waals surface area contributed by atoms with Gasteiger partial charge in [0.05, 0.1) is 39.6 Å². The molecule has 0 saturated carbocycles. The lowest BCUT2D eigenvalue weighted by Crippen LogP contribution is -2.37. The number of aromatic nitrogens is 1. The number of hydrogen-bond donors (Lipinski definition) is 1. The molecule has 4 rings (SSSR count). The second kappa shape index (κ2) is 9.40. The molecular formula is C22H24N4O4S. The van der Waals surface area contributed by atoms with E-state index < -0.39 is 10.8 Å². The number of non-ortho nitro benzene ring substituents is 1. The molecule has 0 aliphatic carbocycles. The molecule has 1 aliphatic rings. The Labute approximate surface area is 184 Å². The summed E-state index contributed by atoms with van der Waals surface area (Å²) in [5.74, 6) is -0.407. The average molecular weight is 441 g/mol. The Balaban J connectivity index is 1.61. The van der Waals surface area contributed by atoms with Crippen LogP contribution >= 0.6 is 11.3 Å². The van der Waals surface area contributed by atoms with Crippen molar-refractivity contribution >= 4 is 44.0 Å². The molecule has 1 saturated heterocycles. The Morgan fingerprint density at radius 1 is 1.26 bits per heavy atom. The van der Waals surface area contributed by atoms with Gasteiger partial charge in [0.1, 0.15) is 0 Å². The fourth-order valence-electron chi connectivity index (χ4n) is 3.62. The first-order valence-corrected chi connectivity index (χ1v) is 11.2. The number of benzene rings is 2. The van der Waals surface area contributed by atoms with Crippen LogP contribution in [0, 0.1) is 10.1 Å². The normalized spacial score (nSPS) is 14.0. The molecule has 8 nitrogen and oxygen atoms in total. The number of fused-ring (bicyclic) bond motifs is 1. The summed E-state index contributed by atoms with van der Waals surface area (Å²) in [6.45, 7) is 4.52. The first-order chi connectivity index (χ1) is 15.0. The van der Waals surface area contributed by atoms with Crippen molar-refractivity contribution in [3.8, 4) is 0 Å². The lowest BCUT2D eigenvalue weighted by atomic mass is 10.1. The van der Waals surface area contributed by atoms with Gasteiger partial charge < -0.3 is 9.64 Å². The summed E-state index contributed by atoms with van der Waals surface area (Å²) in [4.78, 5) is 30.4. The number of carbonyl (C=O) groups is 1. The number of aryl methyl sites for hydroxylation is 1. The topological polar surface area (TPSA) is 97.6 Å². The van der Waals surface area contributed by atoms with E-state index in [1.165, 1.54) is 29.0 Å². The lowest BCUT2D eigenvalue weighted by Gasteiger charge is -2.30. The summed E-state index contributed by atoms with van der Waals surface area (Å²) < 4.78 is 6.40. The van der Waals surface area contributed by atoms with Crippen molar-refractivity contribution in [3.05, 3.63) is 57.6 Å². The van der Waals surface area contributed by atoms with Crippen LogP contribution in [-0.2, 0) is 11.2 Å². The minimum Gasteiger partial charge on any atom is -0.378 e. The van der Waals surface area contributed by atoms with Crippen LogP contribution in [0.25, 0.3) is 10.2 Å². The standard InChI is InChI=1S/C22H24N4O4S/c1-2-3-4-15-5-7-18-20(13-15)31-22(23-18)24-21(27)17-14-16(26(28)29)6-8-19(17)25-9-11-30-12-10-25/h5-8,13-14H,2-4,9-12H2,1H3,(H,23,24,27). The number of nitro groups is 1. The number of morpholine rings is 1. The molecule has 1 amide bonds. The first-order valence-electron chi connectivity index (χ1n) is 10.4. The molecular weight excluding hydrogens is 416 g/mol. The van der Waals surface area contributed by atoms with Crippen LogP contribution in [0.1, 0.15) is 35.7 Å². The summed E-state index contributed by atoms with van der Waals surface area (Å²) in [6, 6.07) is 10.5. The highest BCUT2D eigenvalue weighted by atomic mass is 32.1. The monoisotopic (exact) mass is 440 g/mol. The van der Waals surface area contributed by atoms with E-state index in [2.05, 4.69) is 29.4 Å². The van der Waals surface area contributed by atoms with Gasteiger partial charge in [0, 0.05) is 25.2 Å². The number of hydrogen-bond acceptors (Lipinski definition) is 7. The van der Waals surface area contributed by atoms with Gasteiger partial charge in [0.15, 0.2) is 5.13 Å². The van der Waals surface area contributed by atoms with Gasteiger partial charge in [-0.3, -0.25) is 20.2 Å². The second-order valence-electron chi connectivity index (χ2n) is 7.44. The van der Waals surface area contributed by atoms with Crippen molar-refractivity contribution in [2.75, 3.05) is 36.5 Å². The van der Waals surface area contributed by atoms with Crippen molar-refractivity contribution in [1.29, 1.82) is 0 Å². The van der Waals surface area contributed by atoms with Crippen LogP contribution in [-0.4, -0.2) is 42.1 Å². The highest BCUT2D eigenvalue weighted by Crippen LogP contribution is 2.30. The number of ether oxygens (including phenoxy) is 1. The quantitative estimate of drug-likeness (QED) is 0.425. The SMILES string of the molecule is CCCCc1ccc2nc(NC(=O)c3cc([N+](=O)[O-])ccc3N3CCOCC3)sc2c1. The molecule has 0 unspecified atom stereocenters. The molecule has 0 spiro atoms. The number of amides is 1. The van der Waals surface area contributed by atoms with E-state index in [1.54, 1.807) is 6.07 Å². The number of anilines is 2. The number of rotatable bonds is 7. The lowest BCUT2D eigenvalue weighted by molar-refractivity contribution is -0.384.